The second kappa shape index (κ2) is 6.04. The standard InChI is InChI=1S/C22H28O4/c1-12(2)16-18(24)14-8-9-15-21(4,5)10-7-11-22(15,6)17(14)19(25)20(16)26-13(3)23/h8-9,12,15H,7,10-11H2,1-6H3/t15-,22-/m0/s1. The monoisotopic (exact) mass is 356 g/mol. The average molecular weight is 356 g/mol. The summed E-state index contributed by atoms with van der Waals surface area (Å²) in [6, 6.07) is 0. The Bertz CT molecular complexity index is 791. The third kappa shape index (κ3) is 2.62. The minimum Gasteiger partial charge on any atom is -0.422 e. The van der Waals surface area contributed by atoms with E-state index in [2.05, 4.69) is 26.8 Å². The molecule has 0 spiro atoms. The Hall–Kier alpha value is -1.97. The van der Waals surface area contributed by atoms with Crippen molar-refractivity contribution >= 4 is 17.5 Å². The normalized spacial score (nSPS) is 30.5. The van der Waals surface area contributed by atoms with Gasteiger partial charge in [-0.3, -0.25) is 14.4 Å². The van der Waals surface area contributed by atoms with Crippen LogP contribution in [0.25, 0.3) is 0 Å². The molecule has 3 aliphatic rings. The highest BCUT2D eigenvalue weighted by atomic mass is 16.5. The van der Waals surface area contributed by atoms with E-state index in [0.717, 1.165) is 19.3 Å². The maximum Gasteiger partial charge on any atom is 0.308 e. The second-order valence-electron chi connectivity index (χ2n) is 9.03. The predicted octanol–water partition coefficient (Wildman–Crippen LogP) is 4.31. The summed E-state index contributed by atoms with van der Waals surface area (Å²) in [5, 5.41) is 0. The zero-order valence-corrected chi connectivity index (χ0v) is 16.6. The molecular formula is C22H28O4. The van der Waals surface area contributed by atoms with E-state index in [1.54, 1.807) is 0 Å². The molecule has 0 saturated heterocycles. The Morgan fingerprint density at radius 1 is 1.15 bits per heavy atom. The van der Waals surface area contributed by atoms with Crippen LogP contribution in [0.5, 0.6) is 0 Å². The maximum atomic E-state index is 13.4. The molecule has 26 heavy (non-hydrogen) atoms. The highest BCUT2D eigenvalue weighted by Crippen LogP contribution is 2.59. The smallest absolute Gasteiger partial charge is 0.308 e. The number of fused-ring (bicyclic) bond motifs is 2. The van der Waals surface area contributed by atoms with Gasteiger partial charge in [0.05, 0.1) is 0 Å². The van der Waals surface area contributed by atoms with Crippen molar-refractivity contribution in [1.82, 2.24) is 0 Å². The molecule has 0 aromatic rings. The number of hydrogen-bond acceptors (Lipinski definition) is 4. The summed E-state index contributed by atoms with van der Waals surface area (Å²) in [5.74, 6) is -1.11. The van der Waals surface area contributed by atoms with E-state index in [0.29, 0.717) is 16.7 Å². The zero-order chi connectivity index (χ0) is 19.4. The van der Waals surface area contributed by atoms with E-state index in [-0.39, 0.29) is 34.6 Å². The van der Waals surface area contributed by atoms with Crippen molar-refractivity contribution in [1.29, 1.82) is 0 Å². The Morgan fingerprint density at radius 3 is 2.38 bits per heavy atom. The van der Waals surface area contributed by atoms with Crippen molar-refractivity contribution in [3.8, 4) is 0 Å². The van der Waals surface area contributed by atoms with Gasteiger partial charge in [-0.2, -0.15) is 0 Å². The third-order valence-corrected chi connectivity index (χ3v) is 6.33. The quantitative estimate of drug-likeness (QED) is 0.546. The Balaban J connectivity index is 2.19. The molecule has 0 amide bonds. The lowest BCUT2D eigenvalue weighted by molar-refractivity contribution is -0.140. The van der Waals surface area contributed by atoms with E-state index < -0.39 is 11.4 Å². The fraction of sp³-hybridized carbons (Fsp3) is 0.591. The van der Waals surface area contributed by atoms with Gasteiger partial charge in [-0.1, -0.05) is 53.2 Å². The van der Waals surface area contributed by atoms with Gasteiger partial charge in [0.2, 0.25) is 5.78 Å². The van der Waals surface area contributed by atoms with E-state index in [9.17, 15) is 14.4 Å². The molecule has 0 N–H and O–H groups in total. The summed E-state index contributed by atoms with van der Waals surface area (Å²) in [7, 11) is 0. The second-order valence-corrected chi connectivity index (χ2v) is 9.03. The van der Waals surface area contributed by atoms with Crippen molar-refractivity contribution in [2.75, 3.05) is 0 Å². The molecule has 0 radical (unpaired) electrons. The van der Waals surface area contributed by atoms with Gasteiger partial charge in [0.25, 0.3) is 0 Å². The van der Waals surface area contributed by atoms with Crippen LogP contribution in [0, 0.1) is 22.7 Å². The van der Waals surface area contributed by atoms with Gasteiger partial charge < -0.3 is 4.74 Å². The minimum atomic E-state index is -0.569. The molecule has 0 bridgehead atoms. The fourth-order valence-corrected chi connectivity index (χ4v) is 5.25. The molecule has 1 fully saturated rings. The van der Waals surface area contributed by atoms with Gasteiger partial charge in [-0.25, -0.2) is 0 Å². The number of ketones is 2. The minimum absolute atomic E-state index is 0.0506. The third-order valence-electron chi connectivity index (χ3n) is 6.33. The molecule has 3 rings (SSSR count). The van der Waals surface area contributed by atoms with Gasteiger partial charge in [0, 0.05) is 29.1 Å². The van der Waals surface area contributed by atoms with Gasteiger partial charge in [-0.15, -0.1) is 0 Å². The van der Waals surface area contributed by atoms with Crippen molar-refractivity contribution < 1.29 is 19.1 Å². The molecule has 1 saturated carbocycles. The summed E-state index contributed by atoms with van der Waals surface area (Å²) in [5.41, 5.74) is 0.988. The first-order valence-electron chi connectivity index (χ1n) is 9.45. The average Bonchev–Trinajstić information content (AvgIpc) is 2.50. The van der Waals surface area contributed by atoms with Crippen LogP contribution in [0.2, 0.25) is 0 Å². The van der Waals surface area contributed by atoms with E-state index in [4.69, 9.17) is 4.74 Å². The Labute approximate surface area is 155 Å². The van der Waals surface area contributed by atoms with Crippen molar-refractivity contribution in [2.45, 2.75) is 60.8 Å². The van der Waals surface area contributed by atoms with Crippen LogP contribution in [0.1, 0.15) is 60.8 Å². The summed E-state index contributed by atoms with van der Waals surface area (Å²) >= 11 is 0. The molecule has 0 heterocycles. The first kappa shape index (κ1) is 18.8. The number of Topliss-reactive ketones (excluding diaryl/α,β-unsaturated/α-hetero) is 2. The lowest BCUT2D eigenvalue weighted by atomic mass is 9.50. The van der Waals surface area contributed by atoms with Gasteiger partial charge in [0.15, 0.2) is 11.5 Å². The highest BCUT2D eigenvalue weighted by molar-refractivity contribution is 6.26. The summed E-state index contributed by atoms with van der Waals surface area (Å²) in [4.78, 5) is 38.3. The molecule has 0 unspecified atom stereocenters. The lowest BCUT2D eigenvalue weighted by Gasteiger charge is -2.53. The topological polar surface area (TPSA) is 60.4 Å². The van der Waals surface area contributed by atoms with E-state index >= 15 is 0 Å². The first-order chi connectivity index (χ1) is 12.0. The van der Waals surface area contributed by atoms with E-state index in [1.165, 1.54) is 6.92 Å². The number of allylic oxidation sites excluding steroid dienone is 5. The molecule has 4 heteroatoms. The molecule has 4 nitrogen and oxygen atoms in total. The lowest BCUT2D eigenvalue weighted by Crippen LogP contribution is -2.48. The molecule has 0 aromatic heterocycles. The number of rotatable bonds is 2. The van der Waals surface area contributed by atoms with Crippen LogP contribution in [-0.4, -0.2) is 17.5 Å². The highest BCUT2D eigenvalue weighted by Gasteiger charge is 2.54. The number of ether oxygens (including phenoxy) is 1. The molecule has 2 atom stereocenters. The van der Waals surface area contributed by atoms with Crippen LogP contribution >= 0.6 is 0 Å². The number of hydrogen-bond donors (Lipinski definition) is 0. The fourth-order valence-electron chi connectivity index (χ4n) is 5.25. The van der Waals surface area contributed by atoms with Crippen LogP contribution in [0.15, 0.2) is 34.6 Å². The van der Waals surface area contributed by atoms with Gasteiger partial charge in [0.1, 0.15) is 0 Å². The SMILES string of the molecule is CC(=O)OC1=C(C(C)C)C(=O)C2=C(C1=O)[C@@]1(C)CCCC(C)(C)[C@@H]1C=C2. The van der Waals surface area contributed by atoms with Gasteiger partial charge >= 0.3 is 5.97 Å². The number of carbonyl (C=O) groups is 3. The van der Waals surface area contributed by atoms with Crippen molar-refractivity contribution in [3.63, 3.8) is 0 Å². The summed E-state index contributed by atoms with van der Waals surface area (Å²) in [6.45, 7) is 11.5. The predicted molar refractivity (Wildman–Crippen MR) is 99.0 cm³/mol. The van der Waals surface area contributed by atoms with Crippen molar-refractivity contribution in [2.24, 2.45) is 22.7 Å². The van der Waals surface area contributed by atoms with Crippen LogP contribution in [-0.2, 0) is 19.1 Å². The largest absolute Gasteiger partial charge is 0.422 e. The summed E-state index contributed by atoms with van der Waals surface area (Å²) < 4.78 is 5.29. The first-order valence-corrected chi connectivity index (χ1v) is 9.45. The summed E-state index contributed by atoms with van der Waals surface area (Å²) in [6.07, 6.45) is 6.91. The Kier molecular flexibility index (Phi) is 4.37. The Morgan fingerprint density at radius 2 is 1.81 bits per heavy atom. The number of esters is 1. The molecule has 0 aromatic carbocycles. The van der Waals surface area contributed by atoms with Crippen molar-refractivity contribution in [3.05, 3.63) is 34.6 Å². The zero-order valence-electron chi connectivity index (χ0n) is 16.6. The van der Waals surface area contributed by atoms with Crippen LogP contribution < -0.4 is 0 Å². The number of carbonyl (C=O) groups excluding carboxylic acids is 3. The maximum absolute atomic E-state index is 13.4. The van der Waals surface area contributed by atoms with E-state index in [1.807, 2.05) is 19.9 Å². The van der Waals surface area contributed by atoms with Crippen LogP contribution in [0.3, 0.4) is 0 Å². The molecule has 140 valence electrons. The molecule has 3 aliphatic carbocycles. The van der Waals surface area contributed by atoms with Gasteiger partial charge in [-0.05, 0) is 30.1 Å². The molecular weight excluding hydrogens is 328 g/mol. The van der Waals surface area contributed by atoms with Crippen LogP contribution in [0.4, 0.5) is 0 Å². The molecule has 0 aliphatic heterocycles.